The van der Waals surface area contributed by atoms with Gasteiger partial charge in [0.1, 0.15) is 0 Å². The molecule has 0 aromatic heterocycles. The molecule has 0 heterocycles. The van der Waals surface area contributed by atoms with E-state index in [1.807, 2.05) is 0 Å². The first-order chi connectivity index (χ1) is 17.0. The molecule has 0 amide bonds. The minimum Gasteiger partial charge on any atom is -0.481 e. The molecule has 0 atom stereocenters. The molecule has 0 aromatic rings. The third-order valence-electron chi connectivity index (χ3n) is 6.53. The molecule has 0 spiro atoms. The fourth-order valence-electron chi connectivity index (χ4n) is 4.21. The van der Waals surface area contributed by atoms with Gasteiger partial charge < -0.3 is 5.11 Å². The number of carbonyl (C=O) groups is 2. The van der Waals surface area contributed by atoms with Gasteiger partial charge in [-0.05, 0) is 6.42 Å². The Bertz CT molecular complexity index is 462. The first-order valence-corrected chi connectivity index (χ1v) is 16.4. The molecule has 0 unspecified atom stereocenters. The van der Waals surface area contributed by atoms with Crippen molar-refractivity contribution in [3.05, 3.63) is 12.2 Å². The number of hydrogen-bond acceptors (Lipinski definition) is 2. The van der Waals surface area contributed by atoms with Crippen molar-refractivity contribution >= 4 is 36.9 Å². The Morgan fingerprint density at radius 1 is 0.514 bits per heavy atom. The first kappa shape index (κ1) is 37.0. The third kappa shape index (κ3) is 41.3. The molecule has 4 heteroatoms. The number of rotatable bonds is 26. The van der Waals surface area contributed by atoms with Crippen molar-refractivity contribution in [2.45, 2.75) is 174 Å². The molecule has 0 aliphatic carbocycles. The van der Waals surface area contributed by atoms with Gasteiger partial charge in [-0.25, -0.2) is 0 Å². The van der Waals surface area contributed by atoms with E-state index in [9.17, 15) is 9.59 Å². The number of unbranched alkanes of at least 4 members (excludes halogenated alkanes) is 20. The quantitative estimate of drug-likeness (QED) is 0.0727. The largest absolute Gasteiger partial charge is 0.481 e. The number of carbonyl (C=O) groups excluding carboxylic acids is 1. The summed E-state index contributed by atoms with van der Waals surface area (Å²) in [5, 5.41) is 8.41. The first-order valence-electron chi connectivity index (χ1n) is 15.4. The van der Waals surface area contributed by atoms with Gasteiger partial charge in [0.25, 0.3) is 0 Å². The van der Waals surface area contributed by atoms with Crippen molar-refractivity contribution in [1.29, 1.82) is 0 Å². The average Bonchev–Trinajstić information content (AvgIpc) is 2.83. The van der Waals surface area contributed by atoms with E-state index >= 15 is 0 Å². The van der Waals surface area contributed by atoms with Gasteiger partial charge in [-0.2, -0.15) is 0 Å². The Balaban J connectivity index is 0. The van der Waals surface area contributed by atoms with Crippen molar-refractivity contribution in [2.75, 3.05) is 0 Å². The molecular weight excluding hydrogens is 443 g/mol. The number of carboxylic acids is 1. The zero-order valence-corrected chi connectivity index (χ0v) is 26.1. The molecule has 0 radical (unpaired) electrons. The van der Waals surface area contributed by atoms with Crippen LogP contribution < -0.4 is 0 Å². The third-order valence-corrected chi connectivity index (χ3v) is 7.03. The predicted octanol–water partition coefficient (Wildman–Crippen LogP) is 10.1. The summed E-state index contributed by atoms with van der Waals surface area (Å²) in [6.07, 6.45) is 35.8. The Kier molecular flexibility index (Phi) is 35.8. The van der Waals surface area contributed by atoms with E-state index in [1.165, 1.54) is 128 Å². The second-order valence-corrected chi connectivity index (χ2v) is 11.5. The molecule has 0 aliphatic heterocycles. The van der Waals surface area contributed by atoms with E-state index in [0.29, 0.717) is 9.45 Å². The van der Waals surface area contributed by atoms with E-state index in [2.05, 4.69) is 26.0 Å². The number of aliphatic carboxylic acids is 1. The number of carboxylic acid groups (broad SMARTS) is 1. The van der Waals surface area contributed by atoms with Crippen LogP contribution in [-0.2, 0) is 9.59 Å². The fraction of sp³-hybridized carbons (Fsp3) is 0.871. The fourth-order valence-corrected chi connectivity index (χ4v) is 4.56. The molecule has 0 fully saturated rings. The summed E-state index contributed by atoms with van der Waals surface area (Å²) in [5.74, 6) is -0.659. The van der Waals surface area contributed by atoms with Crippen LogP contribution in [-0.4, -0.2) is 42.0 Å². The van der Waals surface area contributed by atoms with Crippen molar-refractivity contribution in [1.82, 2.24) is 0 Å². The van der Waals surface area contributed by atoms with Gasteiger partial charge in [-0.1, -0.05) is 104 Å². The second kappa shape index (κ2) is 33.9. The van der Waals surface area contributed by atoms with Crippen LogP contribution in [0.2, 0.25) is 0 Å². The standard InChI is InChI=1S/C19H35O.C12H24O2.Na/c1-2-3-4-5-6-7-8-9-10-11-12-13-14-15-16-17-18-19-20;1-2-3-4-5-6-7-8-9-10-11-12(13)14;/h10-11H,2-9,12-18H2,1H3;2-11H2,1H3,(H,13,14);/b11-10-;;. The summed E-state index contributed by atoms with van der Waals surface area (Å²) >= 11 is 0.742. The van der Waals surface area contributed by atoms with Gasteiger partial charge in [0, 0.05) is 6.42 Å². The zero-order chi connectivity index (χ0) is 26.2. The summed E-state index contributed by atoms with van der Waals surface area (Å²) in [4.78, 5) is 21.1. The number of allylic oxidation sites excluding steroid dienone is 2. The van der Waals surface area contributed by atoms with Crippen LogP contribution in [0.15, 0.2) is 12.2 Å². The smallest absolute Gasteiger partial charge is 0.303 e. The molecule has 0 aromatic carbocycles. The maximum atomic E-state index is 10.8. The van der Waals surface area contributed by atoms with Crippen LogP contribution in [0, 0.1) is 0 Å². The molecule has 0 rings (SSSR count). The predicted molar refractivity (Wildman–Crippen MR) is 154 cm³/mol. The van der Waals surface area contributed by atoms with Crippen LogP contribution in [0.4, 0.5) is 0 Å². The molecule has 0 saturated carbocycles. The summed E-state index contributed by atoms with van der Waals surface area (Å²) in [5.41, 5.74) is 0. The van der Waals surface area contributed by atoms with Crippen LogP contribution in [0.3, 0.4) is 0 Å². The monoisotopic (exact) mass is 502 g/mol. The van der Waals surface area contributed by atoms with E-state index in [1.54, 1.807) is 0 Å². The average molecular weight is 503 g/mol. The Morgan fingerprint density at radius 3 is 1.17 bits per heavy atom. The summed E-state index contributed by atoms with van der Waals surface area (Å²) in [6, 6.07) is 0. The van der Waals surface area contributed by atoms with Gasteiger partial charge in [0.2, 0.25) is 0 Å². The summed E-state index contributed by atoms with van der Waals surface area (Å²) in [6.45, 7) is 4.50. The van der Waals surface area contributed by atoms with Crippen molar-refractivity contribution in [3.8, 4) is 0 Å². The normalized spacial score (nSPS) is 11.0. The maximum Gasteiger partial charge on any atom is 0.303 e. The SMILES string of the molecule is CCCCCCCCC/C=C\CCCCCCC[C](=O)[Na].CCCCCCCCCCCC(=O)O. The minimum atomic E-state index is -0.659. The van der Waals surface area contributed by atoms with Crippen LogP contribution >= 0.6 is 0 Å². The molecule has 0 aliphatic rings. The van der Waals surface area contributed by atoms with Gasteiger partial charge in [0.05, 0.1) is 0 Å². The molecule has 1 N–H and O–H groups in total. The second-order valence-electron chi connectivity index (χ2n) is 10.4. The summed E-state index contributed by atoms with van der Waals surface area (Å²) < 4.78 is 0.475. The zero-order valence-electron chi connectivity index (χ0n) is 24.1. The molecule has 35 heavy (non-hydrogen) atoms. The van der Waals surface area contributed by atoms with Crippen LogP contribution in [0.25, 0.3) is 0 Å². The molecule has 202 valence electrons. The summed E-state index contributed by atoms with van der Waals surface area (Å²) in [7, 11) is 0. The Hall–Kier alpha value is -0.120. The minimum absolute atomic E-state index is 0.343. The topological polar surface area (TPSA) is 54.4 Å². The maximum absolute atomic E-state index is 10.8. The molecule has 0 bridgehead atoms. The molecular formula is C31H59NaO3. The van der Waals surface area contributed by atoms with Crippen molar-refractivity contribution in [3.63, 3.8) is 0 Å². The molecule has 3 nitrogen and oxygen atoms in total. The van der Waals surface area contributed by atoms with Gasteiger partial charge in [0.15, 0.2) is 0 Å². The van der Waals surface area contributed by atoms with Crippen molar-refractivity contribution in [2.24, 2.45) is 0 Å². The van der Waals surface area contributed by atoms with E-state index in [4.69, 9.17) is 5.11 Å². The van der Waals surface area contributed by atoms with Gasteiger partial charge in [-0.3, -0.25) is 4.79 Å². The molecule has 0 saturated heterocycles. The van der Waals surface area contributed by atoms with E-state index in [-0.39, 0.29) is 0 Å². The van der Waals surface area contributed by atoms with Crippen LogP contribution in [0.1, 0.15) is 174 Å². The van der Waals surface area contributed by atoms with Crippen molar-refractivity contribution < 1.29 is 14.7 Å². The number of hydrogen-bond donors (Lipinski definition) is 1. The van der Waals surface area contributed by atoms with E-state index in [0.717, 1.165) is 53.6 Å². The Morgan fingerprint density at radius 2 is 0.829 bits per heavy atom. The van der Waals surface area contributed by atoms with Gasteiger partial charge >= 0.3 is 112 Å². The van der Waals surface area contributed by atoms with Gasteiger partial charge in [-0.15, -0.1) is 0 Å². The van der Waals surface area contributed by atoms with E-state index < -0.39 is 5.97 Å². The van der Waals surface area contributed by atoms with Crippen LogP contribution in [0.5, 0.6) is 0 Å². The Labute approximate surface area is 237 Å².